The van der Waals surface area contributed by atoms with Crippen LogP contribution in [0.2, 0.25) is 5.02 Å². The zero-order valence-corrected chi connectivity index (χ0v) is 12.0. The molecule has 1 heterocycles. The molecule has 7 heteroatoms. The van der Waals surface area contributed by atoms with E-state index in [0.29, 0.717) is 33.3 Å². The molecule has 0 aromatic heterocycles. The fourth-order valence-corrected chi connectivity index (χ4v) is 2.28. The van der Waals surface area contributed by atoms with Crippen LogP contribution in [0.4, 0.5) is 5.69 Å². The lowest BCUT2D eigenvalue weighted by atomic mass is 10.1. The van der Waals surface area contributed by atoms with E-state index in [4.69, 9.17) is 26.8 Å². The maximum Gasteiger partial charge on any atom is 0.255 e. The molecule has 112 valence electrons. The number of carbonyl (C=O) groups is 2. The Morgan fingerprint density at radius 3 is 2.50 bits per heavy atom. The van der Waals surface area contributed by atoms with Crippen LogP contribution in [0.25, 0.3) is 0 Å². The third-order valence-electron chi connectivity index (χ3n) is 3.12. The second kappa shape index (κ2) is 5.57. The number of nitrogens with two attached hydrogens (primary N) is 1. The number of nitrogens with one attached hydrogen (secondary N) is 1. The third kappa shape index (κ3) is 2.68. The van der Waals surface area contributed by atoms with E-state index >= 15 is 0 Å². The van der Waals surface area contributed by atoms with Crippen LogP contribution in [0, 0.1) is 0 Å². The molecule has 1 aliphatic rings. The van der Waals surface area contributed by atoms with Crippen molar-refractivity contribution in [3.63, 3.8) is 0 Å². The van der Waals surface area contributed by atoms with E-state index in [0.717, 1.165) is 0 Å². The summed E-state index contributed by atoms with van der Waals surface area (Å²) in [5.41, 5.74) is 6.40. The molecule has 0 aliphatic carbocycles. The van der Waals surface area contributed by atoms with Gasteiger partial charge in [0.25, 0.3) is 5.91 Å². The average Bonchev–Trinajstić information content (AvgIpc) is 2.96. The molecule has 3 N–H and O–H groups in total. The molecule has 2 aromatic rings. The first-order valence-electron chi connectivity index (χ1n) is 6.35. The monoisotopic (exact) mass is 318 g/mol. The van der Waals surface area contributed by atoms with Crippen molar-refractivity contribution < 1.29 is 19.1 Å². The van der Waals surface area contributed by atoms with E-state index in [-0.39, 0.29) is 12.7 Å². The van der Waals surface area contributed by atoms with Crippen molar-refractivity contribution in [2.75, 3.05) is 12.1 Å². The fraction of sp³-hybridized carbons (Fsp3) is 0.0667. The number of rotatable bonds is 3. The number of halogens is 1. The number of ether oxygens (including phenoxy) is 2. The van der Waals surface area contributed by atoms with E-state index in [2.05, 4.69) is 5.32 Å². The smallest absolute Gasteiger partial charge is 0.255 e. The first-order chi connectivity index (χ1) is 10.5. The van der Waals surface area contributed by atoms with Crippen LogP contribution < -0.4 is 20.5 Å². The number of carbonyl (C=O) groups excluding carboxylic acids is 2. The molecule has 2 amide bonds. The summed E-state index contributed by atoms with van der Waals surface area (Å²) in [6, 6.07) is 9.30. The van der Waals surface area contributed by atoms with Crippen LogP contribution in [0.1, 0.15) is 20.7 Å². The van der Waals surface area contributed by atoms with Gasteiger partial charge in [0.15, 0.2) is 11.5 Å². The highest BCUT2D eigenvalue weighted by Crippen LogP contribution is 2.39. The van der Waals surface area contributed by atoms with Crippen molar-refractivity contribution in [2.45, 2.75) is 0 Å². The van der Waals surface area contributed by atoms with E-state index in [1.807, 2.05) is 0 Å². The Labute approximate surface area is 130 Å². The van der Waals surface area contributed by atoms with Crippen molar-refractivity contribution in [3.8, 4) is 11.5 Å². The quantitative estimate of drug-likeness (QED) is 0.909. The van der Waals surface area contributed by atoms with Crippen molar-refractivity contribution in [2.24, 2.45) is 5.73 Å². The molecule has 1 aliphatic heterocycles. The summed E-state index contributed by atoms with van der Waals surface area (Å²) in [5.74, 6) is -0.0155. The van der Waals surface area contributed by atoms with Gasteiger partial charge >= 0.3 is 0 Å². The van der Waals surface area contributed by atoms with Gasteiger partial charge in [-0.1, -0.05) is 11.6 Å². The lowest BCUT2D eigenvalue weighted by molar-refractivity contribution is 0.0998. The van der Waals surface area contributed by atoms with Crippen LogP contribution in [-0.4, -0.2) is 18.6 Å². The third-order valence-corrected chi connectivity index (χ3v) is 3.40. The Hall–Kier alpha value is -2.73. The number of amides is 2. The molecular weight excluding hydrogens is 308 g/mol. The average molecular weight is 319 g/mol. The van der Waals surface area contributed by atoms with Crippen LogP contribution in [0.5, 0.6) is 11.5 Å². The summed E-state index contributed by atoms with van der Waals surface area (Å²) >= 11 is 6.04. The molecule has 0 radical (unpaired) electrons. The zero-order chi connectivity index (χ0) is 15.7. The second-order valence-electron chi connectivity index (χ2n) is 4.59. The second-order valence-corrected chi connectivity index (χ2v) is 4.99. The molecule has 0 saturated heterocycles. The van der Waals surface area contributed by atoms with Crippen LogP contribution in [0.15, 0.2) is 36.4 Å². The van der Waals surface area contributed by atoms with E-state index in [1.165, 1.54) is 18.2 Å². The van der Waals surface area contributed by atoms with E-state index < -0.39 is 5.91 Å². The van der Waals surface area contributed by atoms with Gasteiger partial charge in [0.2, 0.25) is 12.7 Å². The normalized spacial score (nSPS) is 12.0. The molecule has 0 atom stereocenters. The lowest BCUT2D eigenvalue weighted by Crippen LogP contribution is -2.13. The lowest BCUT2D eigenvalue weighted by Gasteiger charge is -2.07. The van der Waals surface area contributed by atoms with Crippen molar-refractivity contribution in [1.82, 2.24) is 0 Å². The van der Waals surface area contributed by atoms with Gasteiger partial charge < -0.3 is 20.5 Å². The highest BCUT2D eigenvalue weighted by molar-refractivity contribution is 6.32. The molecule has 0 bridgehead atoms. The van der Waals surface area contributed by atoms with Gasteiger partial charge in [0.05, 0.1) is 5.02 Å². The number of hydrogen-bond donors (Lipinski definition) is 2. The summed E-state index contributed by atoms with van der Waals surface area (Å²) in [7, 11) is 0. The van der Waals surface area contributed by atoms with Crippen LogP contribution >= 0.6 is 11.6 Å². The molecule has 22 heavy (non-hydrogen) atoms. The van der Waals surface area contributed by atoms with Gasteiger partial charge in [0, 0.05) is 16.8 Å². The number of hydrogen-bond acceptors (Lipinski definition) is 4. The Kier molecular flexibility index (Phi) is 3.60. The Morgan fingerprint density at radius 1 is 1.09 bits per heavy atom. The summed E-state index contributed by atoms with van der Waals surface area (Å²) in [6.07, 6.45) is 0. The van der Waals surface area contributed by atoms with Crippen LogP contribution in [0.3, 0.4) is 0 Å². The zero-order valence-electron chi connectivity index (χ0n) is 11.3. The number of benzene rings is 2. The number of anilines is 1. The predicted octanol–water partition coefficient (Wildman–Crippen LogP) is 2.42. The van der Waals surface area contributed by atoms with E-state index in [9.17, 15) is 9.59 Å². The van der Waals surface area contributed by atoms with Gasteiger partial charge in [-0.15, -0.1) is 0 Å². The SMILES string of the molecule is NC(=O)c1ccc(NC(=O)c2cc(Cl)c3c(c2)OCO3)cc1. The first-order valence-corrected chi connectivity index (χ1v) is 6.73. The van der Waals surface area contributed by atoms with Gasteiger partial charge in [-0.3, -0.25) is 9.59 Å². The number of fused-ring (bicyclic) bond motifs is 1. The molecule has 3 rings (SSSR count). The van der Waals surface area contributed by atoms with Gasteiger partial charge in [-0.2, -0.15) is 0 Å². The van der Waals surface area contributed by atoms with E-state index in [1.54, 1.807) is 18.2 Å². The molecular formula is C15H11ClN2O4. The molecule has 0 unspecified atom stereocenters. The minimum atomic E-state index is -0.527. The topological polar surface area (TPSA) is 90.7 Å². The van der Waals surface area contributed by atoms with Crippen molar-refractivity contribution >= 4 is 29.1 Å². The summed E-state index contributed by atoms with van der Waals surface area (Å²) in [6.45, 7) is 0.0781. The molecule has 0 saturated carbocycles. The summed E-state index contributed by atoms with van der Waals surface area (Å²) in [5, 5.41) is 3.01. The number of primary amides is 1. The fourth-order valence-electron chi connectivity index (χ4n) is 2.02. The molecule has 0 fully saturated rings. The standard InChI is InChI=1S/C15H11ClN2O4/c16-11-5-9(6-12-13(11)22-7-21-12)15(20)18-10-3-1-8(2-4-10)14(17)19/h1-6H,7H2,(H2,17,19)(H,18,20). The molecule has 2 aromatic carbocycles. The predicted molar refractivity (Wildman–Crippen MR) is 80.5 cm³/mol. The molecule has 6 nitrogen and oxygen atoms in total. The molecule has 0 spiro atoms. The highest BCUT2D eigenvalue weighted by Gasteiger charge is 2.20. The van der Waals surface area contributed by atoms with Gasteiger partial charge in [0.1, 0.15) is 0 Å². The Morgan fingerprint density at radius 2 is 1.82 bits per heavy atom. The largest absolute Gasteiger partial charge is 0.454 e. The maximum absolute atomic E-state index is 12.2. The van der Waals surface area contributed by atoms with Gasteiger partial charge in [-0.25, -0.2) is 0 Å². The minimum Gasteiger partial charge on any atom is -0.454 e. The summed E-state index contributed by atoms with van der Waals surface area (Å²) in [4.78, 5) is 23.2. The van der Waals surface area contributed by atoms with Crippen LogP contribution in [-0.2, 0) is 0 Å². The Balaban J connectivity index is 1.80. The first kappa shape index (κ1) is 14.2. The summed E-state index contributed by atoms with van der Waals surface area (Å²) < 4.78 is 10.4. The minimum absolute atomic E-state index is 0.0781. The van der Waals surface area contributed by atoms with Gasteiger partial charge in [-0.05, 0) is 36.4 Å². The Bertz CT molecular complexity index is 759. The van der Waals surface area contributed by atoms with Crippen molar-refractivity contribution in [1.29, 1.82) is 0 Å². The van der Waals surface area contributed by atoms with Crippen molar-refractivity contribution in [3.05, 3.63) is 52.5 Å². The maximum atomic E-state index is 12.2. The highest BCUT2D eigenvalue weighted by atomic mass is 35.5.